The summed E-state index contributed by atoms with van der Waals surface area (Å²) in [5.74, 6) is 0. The highest BCUT2D eigenvalue weighted by Crippen LogP contribution is 2.25. The average molecular weight is 343 g/mol. The molecule has 0 radical (unpaired) electrons. The van der Waals surface area contributed by atoms with Crippen molar-refractivity contribution >= 4 is 27.6 Å². The van der Waals surface area contributed by atoms with Crippen LogP contribution in [0.4, 0.5) is 0 Å². The zero-order valence-corrected chi connectivity index (χ0v) is 15.7. The van der Waals surface area contributed by atoms with Crippen LogP contribution in [-0.4, -0.2) is 5.12 Å². The van der Waals surface area contributed by atoms with E-state index in [1.165, 1.54) is 73.9 Å². The first-order valence-corrected chi connectivity index (χ1v) is 10.3. The maximum atomic E-state index is 12.1. The minimum atomic E-state index is 0.299. The molecule has 1 nitrogen and oxygen atoms in total. The second kappa shape index (κ2) is 11.3. The maximum absolute atomic E-state index is 12.1. The molecule has 0 aliphatic heterocycles. The summed E-state index contributed by atoms with van der Waals surface area (Å²) in [7, 11) is 0. The van der Waals surface area contributed by atoms with Crippen molar-refractivity contribution in [2.24, 2.45) is 0 Å². The topological polar surface area (TPSA) is 17.1 Å². The smallest absolute Gasteiger partial charge is 0.193 e. The van der Waals surface area contributed by atoms with Crippen molar-refractivity contribution in [3.8, 4) is 0 Å². The molecule has 0 fully saturated rings. The summed E-state index contributed by atoms with van der Waals surface area (Å²) >= 11 is 1.40. The second-order valence-corrected chi connectivity index (χ2v) is 7.69. The third-order valence-electron chi connectivity index (χ3n) is 4.44. The van der Waals surface area contributed by atoms with E-state index in [-0.39, 0.29) is 0 Å². The van der Waals surface area contributed by atoms with E-state index in [1.807, 2.05) is 12.1 Å². The summed E-state index contributed by atoms with van der Waals surface area (Å²) in [6.45, 7) is 2.26. The van der Waals surface area contributed by atoms with Gasteiger partial charge in [-0.3, -0.25) is 4.79 Å². The highest BCUT2D eigenvalue weighted by Gasteiger charge is 2.05. The van der Waals surface area contributed by atoms with Gasteiger partial charge >= 0.3 is 0 Å². The van der Waals surface area contributed by atoms with Crippen LogP contribution >= 0.6 is 11.8 Å². The number of unbranched alkanes of at least 4 members (excludes halogenated alkanes) is 8. The van der Waals surface area contributed by atoms with Gasteiger partial charge in [0.25, 0.3) is 0 Å². The molecule has 2 rings (SSSR count). The lowest BCUT2D eigenvalue weighted by molar-refractivity contribution is -0.111. The predicted molar refractivity (Wildman–Crippen MR) is 107 cm³/mol. The first kappa shape index (κ1) is 19.1. The number of fused-ring (bicyclic) bond motifs is 1. The quantitative estimate of drug-likeness (QED) is 0.313. The van der Waals surface area contributed by atoms with Gasteiger partial charge in [-0.05, 0) is 29.3 Å². The number of hydrogen-bond donors (Lipinski definition) is 0. The molecule has 2 heteroatoms. The van der Waals surface area contributed by atoms with E-state index in [1.54, 1.807) is 0 Å². The molecule has 0 atom stereocenters. The molecule has 0 bridgehead atoms. The summed E-state index contributed by atoms with van der Waals surface area (Å²) < 4.78 is 0. The molecule has 24 heavy (non-hydrogen) atoms. The van der Waals surface area contributed by atoms with E-state index in [2.05, 4.69) is 37.3 Å². The van der Waals surface area contributed by atoms with Gasteiger partial charge < -0.3 is 0 Å². The van der Waals surface area contributed by atoms with Crippen LogP contribution < -0.4 is 0 Å². The van der Waals surface area contributed by atoms with E-state index in [0.717, 1.165) is 11.3 Å². The first-order valence-electron chi connectivity index (χ1n) is 9.49. The van der Waals surface area contributed by atoms with Crippen LogP contribution in [0.3, 0.4) is 0 Å². The fourth-order valence-electron chi connectivity index (χ4n) is 2.99. The van der Waals surface area contributed by atoms with Crippen LogP contribution in [0.25, 0.3) is 10.8 Å². The van der Waals surface area contributed by atoms with E-state index >= 15 is 0 Å². The van der Waals surface area contributed by atoms with Crippen molar-refractivity contribution in [1.82, 2.24) is 0 Å². The summed E-state index contributed by atoms with van der Waals surface area (Å²) in [5, 5.41) is 2.74. The number of rotatable bonds is 11. The average Bonchev–Trinajstić information content (AvgIpc) is 2.60. The van der Waals surface area contributed by atoms with Crippen LogP contribution in [0.15, 0.2) is 47.4 Å². The number of thioether (sulfide) groups is 1. The summed E-state index contributed by atoms with van der Waals surface area (Å²) in [6, 6.07) is 14.6. The highest BCUT2D eigenvalue weighted by atomic mass is 32.2. The molecule has 0 saturated heterocycles. The molecule has 0 unspecified atom stereocenters. The first-order chi connectivity index (χ1) is 11.8. The van der Waals surface area contributed by atoms with Gasteiger partial charge in [0.2, 0.25) is 0 Å². The third-order valence-corrected chi connectivity index (χ3v) is 5.36. The normalized spacial score (nSPS) is 11.0. The van der Waals surface area contributed by atoms with Gasteiger partial charge in [-0.2, -0.15) is 0 Å². The molecule has 0 saturated carbocycles. The van der Waals surface area contributed by atoms with Crippen molar-refractivity contribution in [3.05, 3.63) is 42.5 Å². The zero-order chi connectivity index (χ0) is 17.0. The number of benzene rings is 2. The fourth-order valence-corrected chi connectivity index (χ4v) is 3.82. The van der Waals surface area contributed by atoms with Crippen LogP contribution in [0.5, 0.6) is 0 Å². The van der Waals surface area contributed by atoms with Crippen molar-refractivity contribution in [3.63, 3.8) is 0 Å². The molecule has 0 heterocycles. The van der Waals surface area contributed by atoms with Crippen LogP contribution in [0.2, 0.25) is 0 Å². The monoisotopic (exact) mass is 342 g/mol. The van der Waals surface area contributed by atoms with Gasteiger partial charge in [-0.25, -0.2) is 0 Å². The molecule has 0 aliphatic carbocycles. The Morgan fingerprint density at radius 1 is 0.792 bits per heavy atom. The molecule has 0 aromatic heterocycles. The Bertz CT molecular complexity index is 620. The molecule has 0 amide bonds. The number of carbonyl (C=O) groups is 1. The highest BCUT2D eigenvalue weighted by molar-refractivity contribution is 8.13. The summed E-state index contributed by atoms with van der Waals surface area (Å²) in [4.78, 5) is 13.2. The van der Waals surface area contributed by atoms with Crippen molar-refractivity contribution in [2.75, 3.05) is 0 Å². The molecule has 0 aliphatic rings. The van der Waals surface area contributed by atoms with Crippen molar-refractivity contribution in [2.45, 2.75) is 76.0 Å². The minimum Gasteiger partial charge on any atom is -0.287 e. The van der Waals surface area contributed by atoms with Gasteiger partial charge in [-0.1, -0.05) is 100 Å². The Hall–Kier alpha value is -1.28. The number of hydrogen-bond acceptors (Lipinski definition) is 2. The van der Waals surface area contributed by atoms with Crippen LogP contribution in [0, 0.1) is 0 Å². The Kier molecular flexibility index (Phi) is 8.97. The molecule has 0 N–H and O–H groups in total. The summed E-state index contributed by atoms with van der Waals surface area (Å²) in [6.07, 6.45) is 12.4. The predicted octanol–water partition coefficient (Wildman–Crippen LogP) is 7.38. The lowest BCUT2D eigenvalue weighted by Gasteiger charge is -2.04. The van der Waals surface area contributed by atoms with Gasteiger partial charge in [0.15, 0.2) is 5.12 Å². The van der Waals surface area contributed by atoms with Gasteiger partial charge in [0.1, 0.15) is 0 Å². The molecular formula is C22H30OS. The van der Waals surface area contributed by atoms with E-state index in [9.17, 15) is 4.79 Å². The van der Waals surface area contributed by atoms with Crippen molar-refractivity contribution < 1.29 is 4.79 Å². The Labute approximate surface area is 151 Å². The third kappa shape index (κ3) is 7.09. The lowest BCUT2D eigenvalue weighted by Crippen LogP contribution is -1.92. The largest absolute Gasteiger partial charge is 0.287 e. The SMILES string of the molecule is CCCCCCCCCCCC(=O)Sc1ccc2ccccc2c1. The second-order valence-electron chi connectivity index (χ2n) is 6.56. The Morgan fingerprint density at radius 3 is 2.12 bits per heavy atom. The van der Waals surface area contributed by atoms with Gasteiger partial charge in [0.05, 0.1) is 0 Å². The Balaban J connectivity index is 1.59. The zero-order valence-electron chi connectivity index (χ0n) is 14.9. The van der Waals surface area contributed by atoms with Crippen LogP contribution in [0.1, 0.15) is 71.1 Å². The minimum absolute atomic E-state index is 0.299. The molecule has 2 aromatic rings. The molecule has 130 valence electrons. The van der Waals surface area contributed by atoms with E-state index in [4.69, 9.17) is 0 Å². The summed E-state index contributed by atoms with van der Waals surface area (Å²) in [5.41, 5.74) is 0. The van der Waals surface area contributed by atoms with Crippen LogP contribution in [-0.2, 0) is 4.79 Å². The Morgan fingerprint density at radius 2 is 1.42 bits per heavy atom. The standard InChI is InChI=1S/C22H30OS/c1-2-3-4-5-6-7-8-9-10-15-22(23)24-21-17-16-19-13-11-12-14-20(19)18-21/h11-14,16-18H,2-10,15H2,1H3. The fraction of sp³-hybridized carbons (Fsp3) is 0.500. The van der Waals surface area contributed by atoms with E-state index in [0.29, 0.717) is 11.5 Å². The molecule has 0 spiro atoms. The molecule has 2 aromatic carbocycles. The number of carbonyl (C=O) groups excluding carboxylic acids is 1. The van der Waals surface area contributed by atoms with Gasteiger partial charge in [-0.15, -0.1) is 0 Å². The van der Waals surface area contributed by atoms with Gasteiger partial charge in [0, 0.05) is 11.3 Å². The maximum Gasteiger partial charge on any atom is 0.193 e. The lowest BCUT2D eigenvalue weighted by atomic mass is 10.1. The van der Waals surface area contributed by atoms with E-state index < -0.39 is 0 Å². The van der Waals surface area contributed by atoms with Crippen molar-refractivity contribution in [1.29, 1.82) is 0 Å². The molecular weight excluding hydrogens is 312 g/mol.